The quantitative estimate of drug-likeness (QED) is 0.348. The van der Waals surface area contributed by atoms with Crippen LogP contribution in [-0.2, 0) is 13.9 Å². The average molecular weight is 512 g/mol. The lowest BCUT2D eigenvalue weighted by molar-refractivity contribution is 0.0110. The van der Waals surface area contributed by atoms with Crippen LogP contribution in [0.3, 0.4) is 0 Å². The third-order valence-corrected chi connectivity index (χ3v) is 11.9. The zero-order valence-corrected chi connectivity index (χ0v) is 24.0. The van der Waals surface area contributed by atoms with E-state index in [9.17, 15) is 4.79 Å². The Bertz CT molecular complexity index is 889. The molecule has 1 amide bonds. The van der Waals surface area contributed by atoms with E-state index in [0.29, 0.717) is 19.1 Å². The van der Waals surface area contributed by atoms with E-state index in [2.05, 4.69) is 86.8 Å². The van der Waals surface area contributed by atoms with Gasteiger partial charge in [-0.3, -0.25) is 0 Å². The van der Waals surface area contributed by atoms with Gasteiger partial charge in [-0.05, 0) is 67.8 Å². The highest BCUT2D eigenvalue weighted by Gasteiger charge is 2.50. The summed E-state index contributed by atoms with van der Waals surface area (Å²) >= 11 is 0. The summed E-state index contributed by atoms with van der Waals surface area (Å²) in [5.74, 6) is 0.534. The minimum Gasteiger partial charge on any atom is -0.444 e. The second kappa shape index (κ2) is 12.4. The van der Waals surface area contributed by atoms with Crippen LogP contribution in [0.15, 0.2) is 60.7 Å². The Kier molecular flexibility index (Phi) is 9.78. The molecule has 1 saturated carbocycles. The predicted molar refractivity (Wildman–Crippen MR) is 150 cm³/mol. The molecule has 3 rings (SSSR count). The van der Waals surface area contributed by atoms with Crippen molar-refractivity contribution in [2.24, 2.45) is 5.92 Å². The van der Waals surface area contributed by atoms with Crippen LogP contribution in [0.1, 0.15) is 67.2 Å². The van der Waals surface area contributed by atoms with Crippen molar-refractivity contribution < 1.29 is 18.7 Å². The van der Waals surface area contributed by atoms with Crippen LogP contribution >= 0.6 is 0 Å². The highest BCUT2D eigenvalue weighted by atomic mass is 28.4. The molecule has 0 aromatic heterocycles. The summed E-state index contributed by atoms with van der Waals surface area (Å²) in [4.78, 5) is 11.8. The van der Waals surface area contributed by atoms with Gasteiger partial charge in [-0.2, -0.15) is 0 Å². The highest BCUT2D eigenvalue weighted by Crippen LogP contribution is 2.38. The molecule has 5 nitrogen and oxygen atoms in total. The van der Waals surface area contributed by atoms with Crippen molar-refractivity contribution in [2.75, 3.05) is 19.8 Å². The van der Waals surface area contributed by atoms with Gasteiger partial charge in [0, 0.05) is 13.2 Å². The SMILES string of the molecule is CC(C)(C)OC(=O)NCCOC1CCC(CO[Si](c2ccccc2)(c2ccccc2)C(C)(C)C)CC1. The number of hydrogen-bond donors (Lipinski definition) is 1. The van der Waals surface area contributed by atoms with E-state index in [1.165, 1.54) is 10.4 Å². The van der Waals surface area contributed by atoms with E-state index in [-0.39, 0.29) is 11.1 Å². The van der Waals surface area contributed by atoms with Gasteiger partial charge in [0.15, 0.2) is 0 Å². The van der Waals surface area contributed by atoms with Gasteiger partial charge in [0.2, 0.25) is 0 Å². The van der Waals surface area contributed by atoms with Gasteiger partial charge >= 0.3 is 6.09 Å². The lowest BCUT2D eigenvalue weighted by Gasteiger charge is -2.44. The summed E-state index contributed by atoms with van der Waals surface area (Å²) in [7, 11) is -2.49. The summed E-state index contributed by atoms with van der Waals surface area (Å²) in [5.41, 5.74) is -0.486. The van der Waals surface area contributed by atoms with Gasteiger partial charge < -0.3 is 19.2 Å². The van der Waals surface area contributed by atoms with Crippen molar-refractivity contribution in [2.45, 2.75) is 84.0 Å². The summed E-state index contributed by atoms with van der Waals surface area (Å²) < 4.78 is 18.5. The molecule has 0 bridgehead atoms. The topological polar surface area (TPSA) is 56.8 Å². The largest absolute Gasteiger partial charge is 0.444 e. The molecular formula is C30H45NO4Si. The third-order valence-electron chi connectivity index (χ3n) is 6.87. The molecule has 36 heavy (non-hydrogen) atoms. The summed E-state index contributed by atoms with van der Waals surface area (Å²) in [6, 6.07) is 21.7. The molecule has 0 spiro atoms. The van der Waals surface area contributed by atoms with E-state index in [1.807, 2.05) is 20.8 Å². The van der Waals surface area contributed by atoms with E-state index < -0.39 is 20.0 Å². The van der Waals surface area contributed by atoms with Crippen molar-refractivity contribution in [3.8, 4) is 0 Å². The maximum Gasteiger partial charge on any atom is 0.407 e. The first-order valence-corrected chi connectivity index (χ1v) is 15.3. The molecule has 0 radical (unpaired) electrons. The maximum atomic E-state index is 11.8. The Morgan fingerprint density at radius 2 is 1.39 bits per heavy atom. The van der Waals surface area contributed by atoms with Crippen LogP contribution in [0.2, 0.25) is 5.04 Å². The van der Waals surface area contributed by atoms with Crippen LogP contribution in [0.5, 0.6) is 0 Å². The number of benzene rings is 2. The van der Waals surface area contributed by atoms with Crippen LogP contribution in [0, 0.1) is 5.92 Å². The fourth-order valence-electron chi connectivity index (χ4n) is 5.16. The molecule has 0 heterocycles. The highest BCUT2D eigenvalue weighted by molar-refractivity contribution is 6.99. The van der Waals surface area contributed by atoms with Gasteiger partial charge in [0.05, 0.1) is 12.7 Å². The number of carbonyl (C=O) groups excluding carboxylic acids is 1. The predicted octanol–water partition coefficient (Wildman–Crippen LogP) is 5.66. The number of ether oxygens (including phenoxy) is 2. The molecule has 6 heteroatoms. The fourth-order valence-corrected chi connectivity index (χ4v) is 9.80. The molecule has 198 valence electrons. The molecule has 2 aromatic rings. The molecule has 0 unspecified atom stereocenters. The van der Waals surface area contributed by atoms with Gasteiger partial charge in [-0.1, -0.05) is 81.4 Å². The van der Waals surface area contributed by atoms with Gasteiger partial charge in [-0.15, -0.1) is 0 Å². The zero-order chi connectivity index (χ0) is 26.2. The fraction of sp³-hybridized carbons (Fsp3) is 0.567. The van der Waals surface area contributed by atoms with Crippen molar-refractivity contribution in [1.29, 1.82) is 0 Å². The molecule has 0 aliphatic heterocycles. The van der Waals surface area contributed by atoms with Crippen molar-refractivity contribution in [1.82, 2.24) is 5.32 Å². The lowest BCUT2D eigenvalue weighted by atomic mass is 9.88. The standard InChI is InChI=1S/C30H45NO4Si/c1-29(2,3)35-28(32)31-21-22-33-25-19-17-24(18-20-25)23-34-36(30(4,5)6,26-13-9-7-10-14-26)27-15-11-8-12-16-27/h7-16,24-25H,17-23H2,1-6H3,(H,31,32). The van der Waals surface area contributed by atoms with Crippen molar-refractivity contribution in [3.63, 3.8) is 0 Å². The first-order valence-electron chi connectivity index (χ1n) is 13.3. The summed E-state index contributed by atoms with van der Waals surface area (Å²) in [6.45, 7) is 14.3. The molecule has 2 aromatic carbocycles. The normalized spacial score (nSPS) is 19.1. The maximum absolute atomic E-state index is 11.8. The minimum atomic E-state index is -2.49. The number of carbonyl (C=O) groups is 1. The van der Waals surface area contributed by atoms with E-state index in [0.717, 1.165) is 32.3 Å². The Balaban J connectivity index is 1.56. The molecule has 0 atom stereocenters. The Labute approximate surface area is 219 Å². The van der Waals surface area contributed by atoms with Gasteiger partial charge in [0.25, 0.3) is 8.32 Å². The Morgan fingerprint density at radius 1 is 0.861 bits per heavy atom. The van der Waals surface area contributed by atoms with Gasteiger partial charge in [-0.25, -0.2) is 4.79 Å². The number of alkyl carbamates (subject to hydrolysis) is 1. The second-order valence-corrected chi connectivity index (χ2v) is 16.2. The molecule has 1 aliphatic carbocycles. The Morgan fingerprint density at radius 3 is 1.86 bits per heavy atom. The molecule has 1 fully saturated rings. The van der Waals surface area contributed by atoms with Crippen molar-refractivity contribution in [3.05, 3.63) is 60.7 Å². The minimum absolute atomic E-state index is 0.00282. The smallest absolute Gasteiger partial charge is 0.407 e. The third kappa shape index (κ3) is 7.67. The Hall–Kier alpha value is -2.15. The van der Waals surface area contributed by atoms with Crippen LogP contribution in [0.25, 0.3) is 0 Å². The molecule has 0 saturated heterocycles. The number of amides is 1. The van der Waals surface area contributed by atoms with E-state index in [1.54, 1.807) is 0 Å². The first kappa shape index (κ1) is 28.4. The number of hydrogen-bond acceptors (Lipinski definition) is 4. The lowest BCUT2D eigenvalue weighted by Crippen LogP contribution is -2.67. The molecule has 1 N–H and O–H groups in total. The van der Waals surface area contributed by atoms with Crippen molar-refractivity contribution >= 4 is 24.8 Å². The molecule has 1 aliphatic rings. The number of rotatable bonds is 9. The number of nitrogens with one attached hydrogen (secondary N) is 1. The summed E-state index contributed by atoms with van der Waals surface area (Å²) in [5, 5.41) is 5.43. The molecular weight excluding hydrogens is 466 g/mol. The second-order valence-electron chi connectivity index (χ2n) is 11.9. The van der Waals surface area contributed by atoms with E-state index >= 15 is 0 Å². The van der Waals surface area contributed by atoms with Gasteiger partial charge in [0.1, 0.15) is 5.60 Å². The van der Waals surface area contributed by atoms with Crippen LogP contribution in [0.4, 0.5) is 4.79 Å². The summed E-state index contributed by atoms with van der Waals surface area (Å²) in [6.07, 6.45) is 4.11. The first-order chi connectivity index (χ1) is 17.0. The van der Waals surface area contributed by atoms with E-state index in [4.69, 9.17) is 13.9 Å². The average Bonchev–Trinajstić information content (AvgIpc) is 2.82. The zero-order valence-electron chi connectivity index (χ0n) is 23.0. The monoisotopic (exact) mass is 511 g/mol. The van der Waals surface area contributed by atoms with Crippen LogP contribution in [-0.4, -0.2) is 45.9 Å². The van der Waals surface area contributed by atoms with Crippen LogP contribution < -0.4 is 15.7 Å².